The summed E-state index contributed by atoms with van der Waals surface area (Å²) in [6.45, 7) is 0.811. The summed E-state index contributed by atoms with van der Waals surface area (Å²) in [5.74, 6) is -0.737. The first-order valence-electron chi connectivity index (χ1n) is 2.87. The summed E-state index contributed by atoms with van der Waals surface area (Å²) < 4.78 is 0.662. The van der Waals surface area contributed by atoms with E-state index >= 15 is 0 Å². The van der Waals surface area contributed by atoms with Gasteiger partial charge in [0.25, 0.3) is 0 Å². The van der Waals surface area contributed by atoms with Crippen molar-refractivity contribution in [3.63, 3.8) is 0 Å². The van der Waals surface area contributed by atoms with Gasteiger partial charge in [-0.25, -0.2) is 0 Å². The summed E-state index contributed by atoms with van der Waals surface area (Å²) in [4.78, 5) is 10.5. The van der Waals surface area contributed by atoms with Crippen molar-refractivity contribution in [1.29, 1.82) is 0 Å². The number of hydrogen-bond donors (Lipinski definition) is 2. The van der Waals surface area contributed by atoms with Crippen molar-refractivity contribution in [3.05, 3.63) is 0 Å². The highest BCUT2D eigenvalue weighted by molar-refractivity contribution is 14.1. The van der Waals surface area contributed by atoms with Crippen molar-refractivity contribution >= 4 is 51.2 Å². The van der Waals surface area contributed by atoms with Gasteiger partial charge in [0.1, 0.15) is 6.04 Å². The predicted octanol–water partition coefficient (Wildman–Crippen LogP) is 0.650. The number of aliphatic carboxylic acids is 1. The first kappa shape index (κ1) is 8.98. The number of rotatable bonds is 1. The Morgan fingerprint density at radius 2 is 2.20 bits per heavy atom. The van der Waals surface area contributed by atoms with Gasteiger partial charge in [0.05, 0.1) is 3.92 Å². The van der Waals surface area contributed by atoms with Crippen LogP contribution < -0.4 is 5.32 Å². The van der Waals surface area contributed by atoms with Crippen molar-refractivity contribution in [3.8, 4) is 0 Å². The molecule has 1 fully saturated rings. The van der Waals surface area contributed by atoms with Crippen LogP contribution in [0.1, 0.15) is 0 Å². The third-order valence-corrected chi connectivity index (χ3v) is 5.64. The van der Waals surface area contributed by atoms with Gasteiger partial charge in [-0.3, -0.25) is 4.79 Å². The van der Waals surface area contributed by atoms with Crippen molar-refractivity contribution in [2.24, 2.45) is 0 Å². The Labute approximate surface area is 86.2 Å². The zero-order valence-electron chi connectivity index (χ0n) is 5.05. The minimum absolute atomic E-state index is 0.218. The van der Waals surface area contributed by atoms with Gasteiger partial charge in [-0.05, 0) is 0 Å². The molecular formula is C5H7I2NO2. The summed E-state index contributed by atoms with van der Waals surface area (Å²) in [5, 5.41) is 11.6. The number of carboxylic acids is 1. The second-order valence-corrected chi connectivity index (χ2v) is 5.22. The van der Waals surface area contributed by atoms with Gasteiger partial charge in [-0.15, -0.1) is 0 Å². The molecular weight excluding hydrogens is 360 g/mol. The Bertz CT molecular complexity index is 153. The second kappa shape index (κ2) is 3.53. The lowest BCUT2D eigenvalue weighted by Crippen LogP contribution is -2.36. The Morgan fingerprint density at radius 1 is 1.60 bits per heavy atom. The van der Waals surface area contributed by atoms with E-state index in [0.717, 1.165) is 6.54 Å². The van der Waals surface area contributed by atoms with Crippen LogP contribution >= 0.6 is 45.2 Å². The predicted molar refractivity (Wildman–Crippen MR) is 55.0 cm³/mol. The molecule has 0 amide bonds. The molecule has 2 N–H and O–H groups in total. The molecule has 0 saturated carbocycles. The van der Waals surface area contributed by atoms with Gasteiger partial charge in [0.2, 0.25) is 0 Å². The van der Waals surface area contributed by atoms with Crippen LogP contribution in [0.3, 0.4) is 0 Å². The van der Waals surface area contributed by atoms with Crippen molar-refractivity contribution < 1.29 is 9.90 Å². The molecule has 1 heterocycles. The molecule has 1 aliphatic heterocycles. The molecule has 1 aliphatic rings. The first-order chi connectivity index (χ1) is 4.63. The Balaban J connectivity index is 2.57. The summed E-state index contributed by atoms with van der Waals surface area (Å²) in [6.07, 6.45) is 0. The molecule has 0 bridgehead atoms. The Hall–Kier alpha value is 0.890. The fraction of sp³-hybridized carbons (Fsp3) is 0.800. The molecule has 0 spiro atoms. The molecule has 1 saturated heterocycles. The number of hydrogen-bond acceptors (Lipinski definition) is 2. The topological polar surface area (TPSA) is 49.3 Å². The molecule has 10 heavy (non-hydrogen) atoms. The highest BCUT2D eigenvalue weighted by atomic mass is 127. The Morgan fingerprint density at radius 3 is 2.40 bits per heavy atom. The van der Waals surface area contributed by atoms with Crippen LogP contribution in [-0.2, 0) is 4.79 Å². The summed E-state index contributed by atoms with van der Waals surface area (Å²) >= 11 is 4.46. The van der Waals surface area contributed by atoms with Crippen LogP contribution in [0, 0.1) is 0 Å². The fourth-order valence-electron chi connectivity index (χ4n) is 0.897. The molecule has 0 aliphatic carbocycles. The summed E-state index contributed by atoms with van der Waals surface area (Å²) in [6, 6.07) is -0.345. The van der Waals surface area contributed by atoms with Crippen LogP contribution in [0.4, 0.5) is 0 Å². The van der Waals surface area contributed by atoms with Crippen molar-refractivity contribution in [2.75, 3.05) is 6.54 Å². The largest absolute Gasteiger partial charge is 0.480 e. The first-order valence-corrected chi connectivity index (χ1v) is 5.36. The normalized spacial score (nSPS) is 40.0. The van der Waals surface area contributed by atoms with Gasteiger partial charge >= 0.3 is 5.97 Å². The third-order valence-electron chi connectivity index (χ3n) is 1.46. The van der Waals surface area contributed by atoms with E-state index in [2.05, 4.69) is 50.5 Å². The Kier molecular flexibility index (Phi) is 3.17. The molecule has 3 nitrogen and oxygen atoms in total. The minimum Gasteiger partial charge on any atom is -0.480 e. The molecule has 0 aromatic heterocycles. The van der Waals surface area contributed by atoms with Crippen molar-refractivity contribution in [2.45, 2.75) is 13.9 Å². The van der Waals surface area contributed by atoms with E-state index in [1.165, 1.54) is 0 Å². The summed E-state index contributed by atoms with van der Waals surface area (Å²) in [5.41, 5.74) is 0. The van der Waals surface area contributed by atoms with E-state index in [0.29, 0.717) is 3.92 Å². The van der Waals surface area contributed by atoms with Gasteiger partial charge in [0.15, 0.2) is 0 Å². The zero-order valence-corrected chi connectivity index (χ0v) is 9.37. The van der Waals surface area contributed by atoms with Gasteiger partial charge < -0.3 is 10.4 Å². The number of nitrogens with one attached hydrogen (secondary N) is 1. The van der Waals surface area contributed by atoms with Gasteiger partial charge in [0, 0.05) is 10.5 Å². The fourth-order valence-corrected chi connectivity index (χ4v) is 2.38. The van der Waals surface area contributed by atoms with Crippen LogP contribution in [0.5, 0.6) is 0 Å². The van der Waals surface area contributed by atoms with E-state index < -0.39 is 5.97 Å². The molecule has 1 rings (SSSR count). The lowest BCUT2D eigenvalue weighted by atomic mass is 10.2. The quantitative estimate of drug-likeness (QED) is 0.529. The van der Waals surface area contributed by atoms with E-state index in [1.54, 1.807) is 0 Å². The molecule has 0 radical (unpaired) electrons. The molecule has 0 aromatic carbocycles. The monoisotopic (exact) mass is 367 g/mol. The van der Waals surface area contributed by atoms with Gasteiger partial charge in [-0.1, -0.05) is 45.2 Å². The number of carbonyl (C=O) groups is 1. The highest BCUT2D eigenvalue weighted by Crippen LogP contribution is 2.23. The maximum atomic E-state index is 10.5. The zero-order chi connectivity index (χ0) is 7.72. The second-order valence-electron chi connectivity index (χ2n) is 2.18. The van der Waals surface area contributed by atoms with E-state index in [4.69, 9.17) is 5.11 Å². The average Bonchev–Trinajstić information content (AvgIpc) is 2.14. The van der Waals surface area contributed by atoms with Crippen LogP contribution in [-0.4, -0.2) is 31.5 Å². The van der Waals surface area contributed by atoms with Crippen molar-refractivity contribution in [1.82, 2.24) is 5.32 Å². The SMILES string of the molecule is O=C(O)C1NCC(I)C1I. The number of halogens is 2. The lowest BCUT2D eigenvalue weighted by molar-refractivity contribution is -0.138. The summed E-state index contributed by atoms with van der Waals surface area (Å²) in [7, 11) is 0. The van der Waals surface area contributed by atoms with Crippen LogP contribution in [0.15, 0.2) is 0 Å². The molecule has 5 heteroatoms. The smallest absolute Gasteiger partial charge is 0.321 e. The maximum absolute atomic E-state index is 10.5. The van der Waals surface area contributed by atoms with E-state index in [-0.39, 0.29) is 9.97 Å². The van der Waals surface area contributed by atoms with E-state index in [9.17, 15) is 4.79 Å². The van der Waals surface area contributed by atoms with Crippen LogP contribution in [0.2, 0.25) is 0 Å². The lowest BCUT2D eigenvalue weighted by Gasteiger charge is -2.08. The minimum atomic E-state index is -0.737. The van der Waals surface area contributed by atoms with Crippen LogP contribution in [0.25, 0.3) is 0 Å². The standard InChI is InChI=1S/C5H7I2NO2/c6-2-1-8-4(3(2)7)5(9)10/h2-4,8H,1H2,(H,9,10). The molecule has 3 unspecified atom stereocenters. The van der Waals surface area contributed by atoms with Gasteiger partial charge in [-0.2, -0.15) is 0 Å². The average molecular weight is 367 g/mol. The van der Waals surface area contributed by atoms with E-state index in [1.807, 2.05) is 0 Å². The number of alkyl halides is 2. The third kappa shape index (κ3) is 1.73. The number of carboxylic acid groups (broad SMARTS) is 1. The molecule has 3 atom stereocenters. The highest BCUT2D eigenvalue weighted by Gasteiger charge is 2.36. The molecule has 0 aromatic rings. The maximum Gasteiger partial charge on any atom is 0.321 e. The molecule has 58 valence electrons.